The van der Waals surface area contributed by atoms with Crippen molar-refractivity contribution in [1.82, 2.24) is 9.78 Å². The summed E-state index contributed by atoms with van der Waals surface area (Å²) in [4.78, 5) is 0. The molecule has 1 saturated carbocycles. The summed E-state index contributed by atoms with van der Waals surface area (Å²) in [6, 6.07) is 3.97. The number of halogens is 1. The summed E-state index contributed by atoms with van der Waals surface area (Å²) in [6.07, 6.45) is 3.94. The normalized spacial score (nSPS) is 22.2. The van der Waals surface area contributed by atoms with Crippen LogP contribution >= 0.6 is 11.3 Å². The van der Waals surface area contributed by atoms with Crippen molar-refractivity contribution in [3.63, 3.8) is 0 Å². The number of nitrogens with zero attached hydrogens (tertiary/aromatic N) is 2. The van der Waals surface area contributed by atoms with Gasteiger partial charge in [0.15, 0.2) is 0 Å². The molecule has 0 aromatic carbocycles. The van der Waals surface area contributed by atoms with Crippen LogP contribution in [0.3, 0.4) is 0 Å². The molecule has 0 atom stereocenters. The maximum absolute atomic E-state index is 14.9. The summed E-state index contributed by atoms with van der Waals surface area (Å²) < 4.78 is 28.5. The van der Waals surface area contributed by atoms with Gasteiger partial charge in [0.2, 0.25) is 0 Å². The molecule has 7 heteroatoms. The molecule has 26 heavy (non-hydrogen) atoms. The van der Waals surface area contributed by atoms with Gasteiger partial charge in [-0.15, -0.1) is 0 Å². The Morgan fingerprint density at radius 3 is 2.62 bits per heavy atom. The topological polar surface area (TPSA) is 36.3 Å². The molecule has 2 aliphatic rings. The molecule has 2 aromatic rings. The lowest BCUT2D eigenvalue weighted by Crippen LogP contribution is -2.41. The highest BCUT2D eigenvalue weighted by Gasteiger charge is 2.53. The molecule has 0 bridgehead atoms. The molecule has 2 aromatic heterocycles. The largest absolute Gasteiger partial charge is 0.525 e. The molecule has 1 saturated heterocycles. The Balaban J connectivity index is 1.63. The van der Waals surface area contributed by atoms with Gasteiger partial charge in [0, 0.05) is 17.5 Å². The second-order valence-corrected chi connectivity index (χ2v) is 8.99. The van der Waals surface area contributed by atoms with E-state index < -0.39 is 24.0 Å². The molecule has 4 nitrogen and oxygen atoms in total. The quantitative estimate of drug-likeness (QED) is 0.694. The molecular weight excluding hydrogens is 350 g/mol. The van der Waals surface area contributed by atoms with Gasteiger partial charge in [-0.05, 0) is 70.0 Å². The first-order valence-electron chi connectivity index (χ1n) is 9.08. The van der Waals surface area contributed by atoms with Crippen LogP contribution in [0.15, 0.2) is 28.6 Å². The van der Waals surface area contributed by atoms with Crippen LogP contribution in [-0.2, 0) is 15.9 Å². The van der Waals surface area contributed by atoms with Crippen molar-refractivity contribution in [2.24, 2.45) is 5.92 Å². The van der Waals surface area contributed by atoms with Crippen LogP contribution in [0.5, 0.6) is 0 Å². The van der Waals surface area contributed by atoms with Crippen molar-refractivity contribution in [3.8, 4) is 11.3 Å². The number of rotatable bonds is 5. The fourth-order valence-electron chi connectivity index (χ4n) is 2.95. The van der Waals surface area contributed by atoms with E-state index in [9.17, 15) is 4.39 Å². The lowest BCUT2D eigenvalue weighted by Gasteiger charge is -2.32. The van der Waals surface area contributed by atoms with Crippen molar-refractivity contribution in [2.75, 3.05) is 0 Å². The summed E-state index contributed by atoms with van der Waals surface area (Å²) >= 11 is 1.63. The van der Waals surface area contributed by atoms with Crippen LogP contribution in [0.4, 0.5) is 4.39 Å². The summed E-state index contributed by atoms with van der Waals surface area (Å²) in [5.41, 5.74) is 1.16. The third-order valence-corrected chi connectivity index (χ3v) is 6.20. The van der Waals surface area contributed by atoms with E-state index >= 15 is 0 Å². The smallest absolute Gasteiger partial charge is 0.398 e. The molecular formula is C19H24BFN2O2S. The Morgan fingerprint density at radius 1 is 1.35 bits per heavy atom. The Kier molecular flexibility index (Phi) is 4.37. The molecule has 3 heterocycles. The first-order valence-corrected chi connectivity index (χ1v) is 10.0. The average Bonchev–Trinajstić information content (AvgIpc) is 2.96. The van der Waals surface area contributed by atoms with Crippen molar-refractivity contribution >= 4 is 24.5 Å². The molecule has 2 fully saturated rings. The van der Waals surface area contributed by atoms with E-state index in [1.165, 1.54) is 18.9 Å². The Morgan fingerprint density at radius 2 is 2.04 bits per heavy atom. The van der Waals surface area contributed by atoms with Gasteiger partial charge in [0.25, 0.3) is 0 Å². The first kappa shape index (κ1) is 18.0. The standard InChI is InChI=1S/C19H24BFN2O2S/c1-18(2)19(3,4)25-20(24-18)17(21)10-15-9-16(14-7-8-26-12-14)22-23(15)11-13-5-6-13/h7-10,12-13H,5-6,11H2,1-4H3. The van der Waals surface area contributed by atoms with Crippen LogP contribution in [0, 0.1) is 5.92 Å². The second-order valence-electron chi connectivity index (χ2n) is 8.21. The summed E-state index contributed by atoms with van der Waals surface area (Å²) in [5.74, 6) is 0.650. The molecule has 138 valence electrons. The van der Waals surface area contributed by atoms with E-state index in [0.717, 1.165) is 23.5 Å². The molecule has 0 unspecified atom stereocenters. The van der Waals surface area contributed by atoms with Gasteiger partial charge >= 0.3 is 7.12 Å². The number of hydrogen-bond acceptors (Lipinski definition) is 4. The van der Waals surface area contributed by atoms with E-state index in [2.05, 4.69) is 5.38 Å². The van der Waals surface area contributed by atoms with Crippen LogP contribution < -0.4 is 0 Å². The maximum atomic E-state index is 14.9. The van der Waals surface area contributed by atoms with Gasteiger partial charge < -0.3 is 9.31 Å². The molecule has 0 spiro atoms. The zero-order valence-electron chi connectivity index (χ0n) is 15.7. The Hall–Kier alpha value is -1.44. The van der Waals surface area contributed by atoms with Crippen molar-refractivity contribution < 1.29 is 13.7 Å². The second kappa shape index (κ2) is 6.32. The minimum Gasteiger partial charge on any atom is -0.398 e. The number of hydrogen-bond donors (Lipinski definition) is 0. The maximum Gasteiger partial charge on any atom is 0.525 e. The van der Waals surface area contributed by atoms with Crippen LogP contribution in [-0.4, -0.2) is 28.1 Å². The highest BCUT2D eigenvalue weighted by molar-refractivity contribution is 7.08. The zero-order chi connectivity index (χ0) is 18.5. The summed E-state index contributed by atoms with van der Waals surface area (Å²) in [5, 5.41) is 8.78. The van der Waals surface area contributed by atoms with Crippen molar-refractivity contribution in [3.05, 3.63) is 34.3 Å². The Labute approximate surface area is 158 Å². The van der Waals surface area contributed by atoms with E-state index in [4.69, 9.17) is 14.4 Å². The van der Waals surface area contributed by atoms with Crippen molar-refractivity contribution in [2.45, 2.75) is 58.3 Å². The fourth-order valence-corrected chi connectivity index (χ4v) is 3.60. The lowest BCUT2D eigenvalue weighted by molar-refractivity contribution is 0.00578. The van der Waals surface area contributed by atoms with Gasteiger partial charge in [-0.3, -0.25) is 4.68 Å². The van der Waals surface area contributed by atoms with Gasteiger partial charge in [0.05, 0.1) is 22.6 Å². The average molecular weight is 374 g/mol. The predicted octanol–water partition coefficient (Wildman–Crippen LogP) is 4.96. The van der Waals surface area contributed by atoms with E-state index in [0.29, 0.717) is 5.92 Å². The minimum absolute atomic E-state index is 0.419. The molecule has 0 amide bonds. The van der Waals surface area contributed by atoms with Crippen LogP contribution in [0.2, 0.25) is 0 Å². The third kappa shape index (κ3) is 3.40. The highest BCUT2D eigenvalue weighted by Crippen LogP contribution is 2.39. The number of aromatic nitrogens is 2. The highest BCUT2D eigenvalue weighted by atomic mass is 32.1. The Bertz CT molecular complexity index is 809. The molecule has 0 radical (unpaired) electrons. The predicted molar refractivity (Wildman–Crippen MR) is 103 cm³/mol. The van der Waals surface area contributed by atoms with Crippen molar-refractivity contribution in [1.29, 1.82) is 0 Å². The molecule has 4 rings (SSSR count). The monoisotopic (exact) mass is 374 g/mol. The first-order chi connectivity index (χ1) is 12.2. The van der Waals surface area contributed by atoms with Gasteiger partial charge in [-0.1, -0.05) is 0 Å². The SMILES string of the molecule is CC1(C)OB(C(F)=Cc2cc(-c3ccsc3)nn2CC2CC2)OC1(C)C. The summed E-state index contributed by atoms with van der Waals surface area (Å²) in [6.45, 7) is 8.52. The van der Waals surface area contributed by atoms with Gasteiger partial charge in [-0.2, -0.15) is 16.4 Å². The minimum atomic E-state index is -0.978. The summed E-state index contributed by atoms with van der Waals surface area (Å²) in [7, 11) is -0.978. The van der Waals surface area contributed by atoms with E-state index in [1.807, 2.05) is 49.9 Å². The fraction of sp³-hybridized carbons (Fsp3) is 0.526. The molecule has 1 aliphatic heterocycles. The lowest BCUT2D eigenvalue weighted by atomic mass is 9.87. The zero-order valence-corrected chi connectivity index (χ0v) is 16.5. The van der Waals surface area contributed by atoms with E-state index in [-0.39, 0.29) is 0 Å². The molecule has 1 aliphatic carbocycles. The molecule has 0 N–H and O–H groups in total. The van der Waals surface area contributed by atoms with E-state index in [1.54, 1.807) is 11.3 Å². The van der Waals surface area contributed by atoms with Gasteiger partial charge in [-0.25, -0.2) is 4.39 Å². The van der Waals surface area contributed by atoms with Crippen LogP contribution in [0.1, 0.15) is 46.2 Å². The number of thiophene rings is 1. The third-order valence-electron chi connectivity index (χ3n) is 5.52. The van der Waals surface area contributed by atoms with Gasteiger partial charge in [0.1, 0.15) is 5.73 Å². The van der Waals surface area contributed by atoms with Crippen LogP contribution in [0.25, 0.3) is 17.3 Å².